The molecule has 1 amide bonds. The highest BCUT2D eigenvalue weighted by Crippen LogP contribution is 2.32. The van der Waals surface area contributed by atoms with E-state index in [9.17, 15) is 9.90 Å². The molecule has 0 aliphatic heterocycles. The van der Waals surface area contributed by atoms with Crippen LogP contribution in [0.1, 0.15) is 47.2 Å². The van der Waals surface area contributed by atoms with Crippen molar-refractivity contribution >= 4 is 17.4 Å². The van der Waals surface area contributed by atoms with Crippen LogP contribution in [-0.2, 0) is 12.8 Å². The zero-order valence-electron chi connectivity index (χ0n) is 13.7. The SMILES string of the molecule is CCCc1nnsc1C(=O)N[C@H](Cc1ccccn1)C1CC(O)C1. The number of aryl methyl sites for hydroxylation is 1. The summed E-state index contributed by atoms with van der Waals surface area (Å²) >= 11 is 1.15. The summed E-state index contributed by atoms with van der Waals surface area (Å²) in [5, 5.41) is 16.8. The van der Waals surface area contributed by atoms with E-state index < -0.39 is 0 Å². The molecule has 2 aromatic heterocycles. The average Bonchev–Trinajstić information content (AvgIpc) is 3.01. The van der Waals surface area contributed by atoms with Gasteiger partial charge in [0.15, 0.2) is 0 Å². The summed E-state index contributed by atoms with van der Waals surface area (Å²) in [6, 6.07) is 5.76. The van der Waals surface area contributed by atoms with E-state index in [0.29, 0.717) is 11.3 Å². The number of hydrogen-bond donors (Lipinski definition) is 2. The molecule has 128 valence electrons. The number of nitrogens with zero attached hydrogens (tertiary/aromatic N) is 3. The lowest BCUT2D eigenvalue weighted by molar-refractivity contribution is 0.0238. The second-order valence-corrected chi connectivity index (χ2v) is 7.04. The van der Waals surface area contributed by atoms with Crippen LogP contribution in [0.15, 0.2) is 24.4 Å². The predicted octanol–water partition coefficient (Wildman–Crippen LogP) is 2.00. The molecule has 0 saturated heterocycles. The van der Waals surface area contributed by atoms with E-state index in [-0.39, 0.29) is 24.0 Å². The molecule has 2 heterocycles. The Kier molecular flexibility index (Phi) is 5.52. The Morgan fingerprint density at radius 2 is 2.29 bits per heavy atom. The van der Waals surface area contributed by atoms with Crippen molar-refractivity contribution in [3.05, 3.63) is 40.7 Å². The molecule has 6 nitrogen and oxygen atoms in total. The second-order valence-electron chi connectivity index (χ2n) is 6.29. The zero-order valence-corrected chi connectivity index (χ0v) is 14.5. The Labute approximate surface area is 145 Å². The number of pyridine rings is 1. The highest BCUT2D eigenvalue weighted by Gasteiger charge is 2.35. The topological polar surface area (TPSA) is 88.0 Å². The Balaban J connectivity index is 1.71. The van der Waals surface area contributed by atoms with Crippen molar-refractivity contribution in [1.29, 1.82) is 0 Å². The van der Waals surface area contributed by atoms with E-state index in [0.717, 1.165) is 48.6 Å². The molecular weight excluding hydrogens is 324 g/mol. The minimum atomic E-state index is -0.251. The van der Waals surface area contributed by atoms with Gasteiger partial charge in [-0.05, 0) is 48.8 Å². The quantitative estimate of drug-likeness (QED) is 0.800. The van der Waals surface area contributed by atoms with Gasteiger partial charge in [-0.25, -0.2) is 0 Å². The van der Waals surface area contributed by atoms with Gasteiger partial charge in [0.25, 0.3) is 5.91 Å². The molecule has 24 heavy (non-hydrogen) atoms. The molecular formula is C17H22N4O2S. The first kappa shape index (κ1) is 17.0. The van der Waals surface area contributed by atoms with Gasteiger partial charge >= 0.3 is 0 Å². The van der Waals surface area contributed by atoms with Crippen LogP contribution in [0, 0.1) is 5.92 Å². The first-order valence-corrected chi connectivity index (χ1v) is 9.14. The molecule has 1 saturated carbocycles. The number of carbonyl (C=O) groups excluding carboxylic acids is 1. The van der Waals surface area contributed by atoms with E-state index >= 15 is 0 Å². The average molecular weight is 346 g/mol. The fraction of sp³-hybridized carbons (Fsp3) is 0.529. The van der Waals surface area contributed by atoms with Gasteiger partial charge < -0.3 is 10.4 Å². The molecule has 2 N–H and O–H groups in total. The van der Waals surface area contributed by atoms with Crippen LogP contribution < -0.4 is 5.32 Å². The van der Waals surface area contributed by atoms with Crippen LogP contribution in [0.5, 0.6) is 0 Å². The van der Waals surface area contributed by atoms with Gasteiger partial charge in [0.05, 0.1) is 11.8 Å². The van der Waals surface area contributed by atoms with E-state index in [1.807, 2.05) is 18.2 Å². The lowest BCUT2D eigenvalue weighted by Gasteiger charge is -2.38. The van der Waals surface area contributed by atoms with Crippen LogP contribution >= 0.6 is 11.5 Å². The molecule has 1 aliphatic rings. The number of amides is 1. The highest BCUT2D eigenvalue weighted by atomic mass is 32.1. The highest BCUT2D eigenvalue weighted by molar-refractivity contribution is 7.08. The zero-order chi connectivity index (χ0) is 16.9. The smallest absolute Gasteiger partial charge is 0.265 e. The van der Waals surface area contributed by atoms with Gasteiger partial charge in [-0.2, -0.15) is 0 Å². The molecule has 1 fully saturated rings. The summed E-state index contributed by atoms with van der Waals surface area (Å²) in [7, 11) is 0. The third-order valence-corrected chi connectivity index (χ3v) is 5.21. The third kappa shape index (κ3) is 3.96. The Morgan fingerprint density at radius 1 is 1.46 bits per heavy atom. The summed E-state index contributed by atoms with van der Waals surface area (Å²) in [5.41, 5.74) is 1.71. The van der Waals surface area contributed by atoms with Crippen LogP contribution in [0.2, 0.25) is 0 Å². The Bertz CT molecular complexity index is 670. The van der Waals surface area contributed by atoms with E-state index in [1.165, 1.54) is 0 Å². The maximum Gasteiger partial charge on any atom is 0.265 e. The van der Waals surface area contributed by atoms with Crippen molar-refractivity contribution in [1.82, 2.24) is 19.9 Å². The van der Waals surface area contributed by atoms with E-state index in [2.05, 4.69) is 26.8 Å². The van der Waals surface area contributed by atoms with E-state index in [1.54, 1.807) is 6.20 Å². The van der Waals surface area contributed by atoms with Crippen LogP contribution in [0.4, 0.5) is 0 Å². The number of carbonyl (C=O) groups is 1. The molecule has 0 radical (unpaired) electrons. The second kappa shape index (κ2) is 7.81. The fourth-order valence-corrected chi connectivity index (χ4v) is 3.66. The van der Waals surface area contributed by atoms with Gasteiger partial charge in [0.2, 0.25) is 0 Å². The standard InChI is InChI=1S/C17H22N4O2S/c1-2-5-14-16(24-21-20-14)17(23)19-15(11-8-13(22)9-11)10-12-6-3-4-7-18-12/h3-4,6-7,11,13,15,22H,2,5,8-10H2,1H3,(H,19,23)/t11?,13?,15-/m1/s1. The van der Waals surface area contributed by atoms with Gasteiger partial charge in [0.1, 0.15) is 4.88 Å². The van der Waals surface area contributed by atoms with Crippen molar-refractivity contribution in [3.8, 4) is 0 Å². The molecule has 0 aromatic carbocycles. The molecule has 0 unspecified atom stereocenters. The maximum atomic E-state index is 12.7. The summed E-state index contributed by atoms with van der Waals surface area (Å²) in [6.07, 6.45) is 5.31. The first-order valence-electron chi connectivity index (χ1n) is 8.37. The van der Waals surface area contributed by atoms with Crippen LogP contribution in [0.25, 0.3) is 0 Å². The fourth-order valence-electron chi connectivity index (χ4n) is 3.05. The monoisotopic (exact) mass is 346 g/mol. The van der Waals surface area contributed by atoms with Crippen molar-refractivity contribution in [2.75, 3.05) is 0 Å². The summed E-state index contributed by atoms with van der Waals surface area (Å²) < 4.78 is 3.92. The number of aromatic nitrogens is 3. The normalized spacial score (nSPS) is 21.1. The molecule has 1 aliphatic carbocycles. The van der Waals surface area contributed by atoms with Crippen LogP contribution in [0.3, 0.4) is 0 Å². The molecule has 7 heteroatoms. The third-order valence-electron chi connectivity index (χ3n) is 4.44. The molecule has 2 aromatic rings. The van der Waals surface area contributed by atoms with Crippen molar-refractivity contribution in [3.63, 3.8) is 0 Å². The molecule has 0 spiro atoms. The summed E-state index contributed by atoms with van der Waals surface area (Å²) in [6.45, 7) is 2.06. The van der Waals surface area contributed by atoms with Crippen LogP contribution in [-0.4, -0.2) is 37.7 Å². The number of nitrogens with one attached hydrogen (secondary N) is 1. The number of rotatable bonds is 7. The van der Waals surface area contributed by atoms with E-state index in [4.69, 9.17) is 0 Å². The minimum Gasteiger partial charge on any atom is -0.393 e. The summed E-state index contributed by atoms with van der Waals surface area (Å²) in [5.74, 6) is 0.164. The largest absolute Gasteiger partial charge is 0.393 e. The molecule has 1 atom stereocenters. The molecule has 3 rings (SSSR count). The maximum absolute atomic E-state index is 12.7. The Hall–Kier alpha value is -1.86. The number of aliphatic hydroxyl groups excluding tert-OH is 1. The van der Waals surface area contributed by atoms with Gasteiger partial charge in [-0.3, -0.25) is 9.78 Å². The lowest BCUT2D eigenvalue weighted by atomic mass is 9.76. The summed E-state index contributed by atoms with van der Waals surface area (Å²) in [4.78, 5) is 17.6. The molecule has 0 bridgehead atoms. The predicted molar refractivity (Wildman–Crippen MR) is 91.8 cm³/mol. The van der Waals surface area contributed by atoms with Crippen molar-refractivity contribution in [2.24, 2.45) is 5.92 Å². The van der Waals surface area contributed by atoms with Gasteiger partial charge in [0, 0.05) is 24.4 Å². The first-order chi connectivity index (χ1) is 11.7. The Morgan fingerprint density at radius 3 is 2.96 bits per heavy atom. The minimum absolute atomic E-state index is 0.0348. The van der Waals surface area contributed by atoms with Crippen molar-refractivity contribution < 1.29 is 9.90 Å². The van der Waals surface area contributed by atoms with Gasteiger partial charge in [-0.15, -0.1) is 5.10 Å². The number of aliphatic hydroxyl groups is 1. The van der Waals surface area contributed by atoms with Gasteiger partial charge in [-0.1, -0.05) is 23.9 Å². The number of hydrogen-bond acceptors (Lipinski definition) is 6. The van der Waals surface area contributed by atoms with Crippen molar-refractivity contribution in [2.45, 2.75) is 51.2 Å². The lowest BCUT2D eigenvalue weighted by Crippen LogP contribution is -2.48.